The van der Waals surface area contributed by atoms with E-state index in [-0.39, 0.29) is 17.1 Å². The van der Waals surface area contributed by atoms with Gasteiger partial charge in [0.2, 0.25) is 5.91 Å². The minimum Gasteiger partial charge on any atom is -0.329 e. The van der Waals surface area contributed by atoms with Crippen molar-refractivity contribution in [2.45, 2.75) is 51.4 Å². The predicted octanol–water partition coefficient (Wildman–Crippen LogP) is 3.36. The second-order valence-electron chi connectivity index (χ2n) is 6.85. The van der Waals surface area contributed by atoms with E-state index in [2.05, 4.69) is 0 Å². The minimum atomic E-state index is -0.529. The Morgan fingerprint density at radius 1 is 1.36 bits per heavy atom. The van der Waals surface area contributed by atoms with Gasteiger partial charge in [-0.1, -0.05) is 26.3 Å². The van der Waals surface area contributed by atoms with Crippen LogP contribution in [0.1, 0.15) is 51.5 Å². The van der Waals surface area contributed by atoms with Crippen molar-refractivity contribution in [3.8, 4) is 0 Å². The van der Waals surface area contributed by atoms with Gasteiger partial charge in [0.15, 0.2) is 0 Å². The third kappa shape index (κ3) is 1.93. The van der Waals surface area contributed by atoms with Crippen molar-refractivity contribution in [1.29, 1.82) is 0 Å². The predicted molar refractivity (Wildman–Crippen MR) is 86.4 cm³/mol. The van der Waals surface area contributed by atoms with E-state index in [1.54, 1.807) is 6.07 Å². The average molecular weight is 304 g/mol. The third-order valence-corrected chi connectivity index (χ3v) is 6.03. The molecule has 1 aliphatic heterocycles. The molecule has 1 amide bonds. The number of rotatable bonds is 4. The molecule has 1 spiro atoms. The Hall–Kier alpha value is -1.42. The lowest BCUT2D eigenvalue weighted by molar-refractivity contribution is -0.128. The van der Waals surface area contributed by atoms with Crippen molar-refractivity contribution in [3.63, 3.8) is 0 Å². The number of fused-ring (bicyclic) bond motifs is 2. The summed E-state index contributed by atoms with van der Waals surface area (Å²) in [6.45, 7) is 4.97. The molecule has 0 aromatic heterocycles. The Morgan fingerprint density at radius 2 is 2.05 bits per heavy atom. The van der Waals surface area contributed by atoms with Crippen LogP contribution in [0.3, 0.4) is 0 Å². The second kappa shape index (κ2) is 5.34. The van der Waals surface area contributed by atoms with Crippen LogP contribution in [0.2, 0.25) is 0 Å². The molecular weight excluding hydrogens is 279 g/mol. The first-order valence-corrected chi connectivity index (χ1v) is 8.34. The molecule has 1 saturated carbocycles. The number of carbonyl (C=O) groups is 1. The summed E-state index contributed by atoms with van der Waals surface area (Å²) in [7, 11) is 0. The van der Waals surface area contributed by atoms with Gasteiger partial charge in [-0.25, -0.2) is 4.39 Å². The zero-order chi connectivity index (χ0) is 16.0. The summed E-state index contributed by atoms with van der Waals surface area (Å²) in [6, 6.07) is 5.10. The summed E-state index contributed by atoms with van der Waals surface area (Å²) in [5.41, 5.74) is 6.78. The molecule has 1 aromatic carbocycles. The van der Waals surface area contributed by atoms with Crippen LogP contribution >= 0.6 is 0 Å². The summed E-state index contributed by atoms with van der Waals surface area (Å²) in [5, 5.41) is 0. The molecule has 22 heavy (non-hydrogen) atoms. The SMILES string of the molecule is CCC(CC)(CN)C(=O)N1CC2(CCC2)c2c(F)cccc21. The fourth-order valence-corrected chi connectivity index (χ4v) is 4.14. The molecule has 4 heteroatoms. The van der Waals surface area contributed by atoms with Crippen molar-refractivity contribution >= 4 is 11.6 Å². The van der Waals surface area contributed by atoms with Crippen molar-refractivity contribution < 1.29 is 9.18 Å². The summed E-state index contributed by atoms with van der Waals surface area (Å²) in [5.74, 6) is -0.102. The van der Waals surface area contributed by atoms with Crippen LogP contribution in [0.4, 0.5) is 10.1 Å². The molecule has 0 atom stereocenters. The highest BCUT2D eigenvalue weighted by atomic mass is 19.1. The molecule has 120 valence electrons. The van der Waals surface area contributed by atoms with Crippen molar-refractivity contribution in [3.05, 3.63) is 29.6 Å². The van der Waals surface area contributed by atoms with E-state index in [1.165, 1.54) is 6.07 Å². The van der Waals surface area contributed by atoms with Gasteiger partial charge < -0.3 is 10.6 Å². The van der Waals surface area contributed by atoms with E-state index in [4.69, 9.17) is 5.73 Å². The summed E-state index contributed by atoms with van der Waals surface area (Å²) < 4.78 is 14.4. The van der Waals surface area contributed by atoms with Gasteiger partial charge in [-0.2, -0.15) is 0 Å². The monoisotopic (exact) mass is 304 g/mol. The number of benzene rings is 1. The fourth-order valence-electron chi connectivity index (χ4n) is 4.14. The molecule has 2 aliphatic rings. The molecule has 0 saturated heterocycles. The van der Waals surface area contributed by atoms with Gasteiger partial charge in [-0.3, -0.25) is 4.79 Å². The first-order chi connectivity index (χ1) is 10.5. The first-order valence-electron chi connectivity index (χ1n) is 8.34. The minimum absolute atomic E-state index is 0.0654. The van der Waals surface area contributed by atoms with Gasteiger partial charge in [-0.05, 0) is 37.8 Å². The maximum atomic E-state index is 14.4. The van der Waals surface area contributed by atoms with Gasteiger partial charge in [-0.15, -0.1) is 0 Å². The Morgan fingerprint density at radius 3 is 2.55 bits per heavy atom. The standard InChI is InChI=1S/C18H25FN2O/c1-3-17(4-2,11-20)16(22)21-12-18(9-6-10-18)15-13(19)7-5-8-14(15)21/h5,7-8H,3-4,6,9-12,20H2,1-2H3. The Bertz CT molecular complexity index is 582. The largest absolute Gasteiger partial charge is 0.329 e. The maximum absolute atomic E-state index is 14.4. The number of nitrogens with two attached hydrogens (primary N) is 1. The second-order valence-corrected chi connectivity index (χ2v) is 6.85. The van der Waals surface area contributed by atoms with Crippen LogP contribution in [-0.2, 0) is 10.2 Å². The molecular formula is C18H25FN2O. The van der Waals surface area contributed by atoms with Crippen LogP contribution in [0.15, 0.2) is 18.2 Å². The molecule has 3 rings (SSSR count). The molecule has 3 nitrogen and oxygen atoms in total. The van der Waals surface area contributed by atoms with Crippen molar-refractivity contribution in [2.24, 2.45) is 11.1 Å². The van der Waals surface area contributed by atoms with Crippen LogP contribution in [0, 0.1) is 11.2 Å². The summed E-state index contributed by atoms with van der Waals surface area (Å²) >= 11 is 0. The van der Waals surface area contributed by atoms with E-state index < -0.39 is 5.41 Å². The fraction of sp³-hybridized carbons (Fsp3) is 0.611. The van der Waals surface area contributed by atoms with E-state index in [0.29, 0.717) is 25.9 Å². The Labute approximate surface area is 131 Å². The lowest BCUT2D eigenvalue weighted by Crippen LogP contribution is -2.50. The highest BCUT2D eigenvalue weighted by Gasteiger charge is 2.52. The van der Waals surface area contributed by atoms with Crippen LogP contribution < -0.4 is 10.6 Å². The van der Waals surface area contributed by atoms with E-state index in [1.807, 2.05) is 24.8 Å². The number of amides is 1. The molecule has 0 bridgehead atoms. The molecule has 1 aliphatic carbocycles. The van der Waals surface area contributed by atoms with Gasteiger partial charge in [0.1, 0.15) is 5.82 Å². The van der Waals surface area contributed by atoms with Crippen LogP contribution in [0.25, 0.3) is 0 Å². The number of carbonyl (C=O) groups excluding carboxylic acids is 1. The van der Waals surface area contributed by atoms with E-state index in [0.717, 1.165) is 30.5 Å². The van der Waals surface area contributed by atoms with Crippen LogP contribution in [-0.4, -0.2) is 19.0 Å². The zero-order valence-electron chi connectivity index (χ0n) is 13.5. The Kier molecular flexibility index (Phi) is 3.76. The molecule has 1 heterocycles. The number of nitrogens with zero attached hydrogens (tertiary/aromatic N) is 1. The Balaban J connectivity index is 2.04. The zero-order valence-corrected chi connectivity index (χ0v) is 13.5. The number of hydrogen-bond donors (Lipinski definition) is 1. The number of halogens is 1. The molecule has 1 fully saturated rings. The quantitative estimate of drug-likeness (QED) is 0.927. The van der Waals surface area contributed by atoms with Gasteiger partial charge in [0.05, 0.1) is 11.1 Å². The van der Waals surface area contributed by atoms with E-state index in [9.17, 15) is 9.18 Å². The van der Waals surface area contributed by atoms with Crippen molar-refractivity contribution in [2.75, 3.05) is 18.0 Å². The third-order valence-electron chi connectivity index (χ3n) is 6.03. The lowest BCUT2D eigenvalue weighted by Gasteiger charge is -2.40. The number of hydrogen-bond acceptors (Lipinski definition) is 2. The maximum Gasteiger partial charge on any atom is 0.234 e. The molecule has 0 radical (unpaired) electrons. The molecule has 2 N–H and O–H groups in total. The van der Waals surface area contributed by atoms with Crippen molar-refractivity contribution in [1.82, 2.24) is 0 Å². The van der Waals surface area contributed by atoms with Gasteiger partial charge in [0.25, 0.3) is 0 Å². The smallest absolute Gasteiger partial charge is 0.234 e. The molecule has 0 unspecified atom stereocenters. The first kappa shape index (κ1) is 15.5. The van der Waals surface area contributed by atoms with E-state index >= 15 is 0 Å². The average Bonchev–Trinajstić information content (AvgIpc) is 2.86. The normalized spacial score (nSPS) is 19.2. The molecule has 1 aromatic rings. The topological polar surface area (TPSA) is 46.3 Å². The van der Waals surface area contributed by atoms with Crippen LogP contribution in [0.5, 0.6) is 0 Å². The highest BCUT2D eigenvalue weighted by Crippen LogP contribution is 2.54. The summed E-state index contributed by atoms with van der Waals surface area (Å²) in [6.07, 6.45) is 4.48. The number of anilines is 1. The van der Waals surface area contributed by atoms with Gasteiger partial charge >= 0.3 is 0 Å². The summed E-state index contributed by atoms with van der Waals surface area (Å²) in [4.78, 5) is 15.0. The highest BCUT2D eigenvalue weighted by molar-refractivity contribution is 6.00. The van der Waals surface area contributed by atoms with Gasteiger partial charge in [0, 0.05) is 24.1 Å². The lowest BCUT2D eigenvalue weighted by atomic mass is 9.65.